The molecule has 11 heavy (non-hydrogen) atoms. The van der Waals surface area contributed by atoms with E-state index in [1.807, 2.05) is 19.2 Å². The Bertz CT molecular complexity index is 252. The van der Waals surface area contributed by atoms with E-state index in [1.54, 1.807) is 4.68 Å². The summed E-state index contributed by atoms with van der Waals surface area (Å²) >= 11 is 0. The zero-order valence-corrected chi connectivity index (χ0v) is 6.57. The number of aliphatic hydroxyl groups excluding tert-OH is 1. The van der Waals surface area contributed by atoms with Gasteiger partial charge in [-0.25, -0.2) is 4.68 Å². The molecule has 1 heterocycles. The predicted octanol–water partition coefficient (Wildman–Crippen LogP) is 1.09. The number of aromatic nitrogens is 2. The van der Waals surface area contributed by atoms with E-state index >= 15 is 0 Å². The maximum Gasteiger partial charge on any atom is 0.149 e. The molecular weight excluding hydrogens is 140 g/mol. The highest BCUT2D eigenvalue weighted by atomic mass is 16.3. The van der Waals surface area contributed by atoms with Crippen LogP contribution in [-0.2, 0) is 0 Å². The van der Waals surface area contributed by atoms with Crippen LogP contribution in [0.5, 0.6) is 0 Å². The van der Waals surface area contributed by atoms with Crippen molar-refractivity contribution in [3.8, 4) is 0 Å². The smallest absolute Gasteiger partial charge is 0.149 e. The molecule has 1 aromatic rings. The van der Waals surface area contributed by atoms with E-state index in [4.69, 9.17) is 0 Å². The Hall–Kier alpha value is -0.830. The molecule has 1 fully saturated rings. The molecule has 1 unspecified atom stereocenters. The highest BCUT2D eigenvalue weighted by Crippen LogP contribution is 2.37. The minimum atomic E-state index is -0.385. The van der Waals surface area contributed by atoms with Gasteiger partial charge in [0.05, 0.1) is 5.69 Å². The maximum absolute atomic E-state index is 9.57. The molecule has 3 nitrogen and oxygen atoms in total. The molecule has 2 rings (SSSR count). The molecule has 1 aromatic heterocycles. The third-order valence-electron chi connectivity index (χ3n) is 2.06. The van der Waals surface area contributed by atoms with Gasteiger partial charge in [0.15, 0.2) is 0 Å². The fourth-order valence-corrected chi connectivity index (χ4v) is 1.19. The van der Waals surface area contributed by atoms with Gasteiger partial charge in [0.25, 0.3) is 0 Å². The molecule has 1 aliphatic rings. The van der Waals surface area contributed by atoms with E-state index in [1.165, 1.54) is 0 Å². The summed E-state index contributed by atoms with van der Waals surface area (Å²) in [5.41, 5.74) is 0.963. The number of aryl methyl sites for hydroxylation is 1. The Balaban J connectivity index is 2.14. The van der Waals surface area contributed by atoms with Crippen molar-refractivity contribution in [1.29, 1.82) is 0 Å². The van der Waals surface area contributed by atoms with E-state index in [9.17, 15) is 5.11 Å². The summed E-state index contributed by atoms with van der Waals surface area (Å²) in [7, 11) is 0. The average molecular weight is 152 g/mol. The monoisotopic (exact) mass is 152 g/mol. The number of nitrogens with zero attached hydrogens (tertiary/aromatic N) is 2. The zero-order valence-electron chi connectivity index (χ0n) is 6.57. The summed E-state index contributed by atoms with van der Waals surface area (Å²) in [6.45, 7) is 1.93. The number of hydrogen-bond donors (Lipinski definition) is 1. The summed E-state index contributed by atoms with van der Waals surface area (Å²) in [6, 6.07) is 1.91. The number of rotatable bonds is 2. The van der Waals surface area contributed by atoms with E-state index in [0.29, 0.717) is 5.92 Å². The third-order valence-corrected chi connectivity index (χ3v) is 2.06. The van der Waals surface area contributed by atoms with Crippen molar-refractivity contribution in [3.63, 3.8) is 0 Å². The predicted molar refractivity (Wildman–Crippen MR) is 40.9 cm³/mol. The van der Waals surface area contributed by atoms with Crippen LogP contribution >= 0.6 is 0 Å². The molecule has 0 spiro atoms. The second-order valence-corrected chi connectivity index (χ2v) is 3.19. The van der Waals surface area contributed by atoms with Crippen molar-refractivity contribution in [1.82, 2.24) is 9.78 Å². The Morgan fingerprint density at radius 3 is 2.91 bits per heavy atom. The second-order valence-electron chi connectivity index (χ2n) is 3.19. The van der Waals surface area contributed by atoms with Gasteiger partial charge in [0.1, 0.15) is 6.23 Å². The highest BCUT2D eigenvalue weighted by molar-refractivity contribution is 4.96. The minimum absolute atomic E-state index is 0.385. The first kappa shape index (κ1) is 6.85. The molecule has 3 heteroatoms. The van der Waals surface area contributed by atoms with Crippen molar-refractivity contribution in [3.05, 3.63) is 18.0 Å². The van der Waals surface area contributed by atoms with Crippen LogP contribution in [-0.4, -0.2) is 14.9 Å². The van der Waals surface area contributed by atoms with Gasteiger partial charge >= 0.3 is 0 Å². The van der Waals surface area contributed by atoms with Crippen molar-refractivity contribution in [2.75, 3.05) is 0 Å². The standard InChI is InChI=1S/C8H12N2O/c1-6-4-5-10(9-6)8(11)7-2-3-7/h4-5,7-8,11H,2-3H2,1H3. The largest absolute Gasteiger partial charge is 0.371 e. The van der Waals surface area contributed by atoms with Crippen LogP contribution in [0.25, 0.3) is 0 Å². The van der Waals surface area contributed by atoms with Gasteiger partial charge < -0.3 is 5.11 Å². The van der Waals surface area contributed by atoms with Crippen molar-refractivity contribution < 1.29 is 5.11 Å². The topological polar surface area (TPSA) is 38.0 Å². The summed E-state index contributed by atoms with van der Waals surface area (Å²) < 4.78 is 1.65. The summed E-state index contributed by atoms with van der Waals surface area (Å²) in [6.07, 6.45) is 3.72. The molecule has 0 aromatic carbocycles. The van der Waals surface area contributed by atoms with Crippen LogP contribution in [0.3, 0.4) is 0 Å². The minimum Gasteiger partial charge on any atom is -0.371 e. The molecule has 1 aliphatic carbocycles. The lowest BCUT2D eigenvalue weighted by atomic mass is 10.4. The van der Waals surface area contributed by atoms with Crippen LogP contribution in [0.2, 0.25) is 0 Å². The van der Waals surface area contributed by atoms with Crippen LogP contribution in [0.4, 0.5) is 0 Å². The van der Waals surface area contributed by atoms with Gasteiger partial charge in [0, 0.05) is 12.1 Å². The Morgan fingerprint density at radius 2 is 2.45 bits per heavy atom. The van der Waals surface area contributed by atoms with Crippen LogP contribution < -0.4 is 0 Å². The lowest BCUT2D eigenvalue weighted by molar-refractivity contribution is 0.0678. The van der Waals surface area contributed by atoms with Crippen LogP contribution in [0.15, 0.2) is 12.3 Å². The first-order valence-corrected chi connectivity index (χ1v) is 3.97. The van der Waals surface area contributed by atoms with Crippen LogP contribution in [0, 0.1) is 12.8 Å². The molecule has 0 aliphatic heterocycles. The normalized spacial score (nSPS) is 20.2. The summed E-state index contributed by atoms with van der Waals surface area (Å²) in [4.78, 5) is 0. The molecule has 0 bridgehead atoms. The van der Waals surface area contributed by atoms with Crippen molar-refractivity contribution >= 4 is 0 Å². The van der Waals surface area contributed by atoms with Gasteiger partial charge in [-0.05, 0) is 25.8 Å². The van der Waals surface area contributed by atoms with E-state index in [-0.39, 0.29) is 6.23 Å². The SMILES string of the molecule is Cc1ccn(C(O)C2CC2)n1. The summed E-state index contributed by atoms with van der Waals surface area (Å²) in [5, 5.41) is 13.7. The van der Waals surface area contributed by atoms with Gasteiger partial charge in [-0.1, -0.05) is 0 Å². The van der Waals surface area contributed by atoms with Gasteiger partial charge in [0.2, 0.25) is 0 Å². The molecule has 1 atom stereocenters. The van der Waals surface area contributed by atoms with E-state index < -0.39 is 0 Å². The molecule has 0 radical (unpaired) electrons. The number of aliphatic hydroxyl groups is 1. The Labute approximate surface area is 65.7 Å². The quantitative estimate of drug-likeness (QED) is 0.689. The lowest BCUT2D eigenvalue weighted by Gasteiger charge is -2.08. The van der Waals surface area contributed by atoms with Gasteiger partial charge in [-0.2, -0.15) is 5.10 Å². The van der Waals surface area contributed by atoms with Gasteiger partial charge in [-0.15, -0.1) is 0 Å². The zero-order chi connectivity index (χ0) is 7.84. The Kier molecular flexibility index (Phi) is 1.46. The first-order chi connectivity index (χ1) is 5.27. The lowest BCUT2D eigenvalue weighted by Crippen LogP contribution is -2.10. The molecule has 0 saturated heterocycles. The molecule has 60 valence electrons. The molecule has 1 N–H and O–H groups in total. The number of hydrogen-bond acceptors (Lipinski definition) is 2. The highest BCUT2D eigenvalue weighted by Gasteiger charge is 2.31. The Morgan fingerprint density at radius 1 is 1.73 bits per heavy atom. The van der Waals surface area contributed by atoms with E-state index in [0.717, 1.165) is 18.5 Å². The average Bonchev–Trinajstić information content (AvgIpc) is 2.74. The second kappa shape index (κ2) is 2.34. The molecular formula is C8H12N2O. The van der Waals surface area contributed by atoms with Crippen molar-refractivity contribution in [2.24, 2.45) is 5.92 Å². The third kappa shape index (κ3) is 1.28. The molecule has 0 amide bonds. The van der Waals surface area contributed by atoms with E-state index in [2.05, 4.69) is 5.10 Å². The van der Waals surface area contributed by atoms with Crippen LogP contribution in [0.1, 0.15) is 24.8 Å². The maximum atomic E-state index is 9.57. The van der Waals surface area contributed by atoms with Crippen molar-refractivity contribution in [2.45, 2.75) is 26.0 Å². The summed E-state index contributed by atoms with van der Waals surface area (Å²) in [5.74, 6) is 0.453. The first-order valence-electron chi connectivity index (χ1n) is 3.97. The van der Waals surface area contributed by atoms with Gasteiger partial charge in [-0.3, -0.25) is 0 Å². The fraction of sp³-hybridized carbons (Fsp3) is 0.625. The molecule has 1 saturated carbocycles. The fourth-order valence-electron chi connectivity index (χ4n) is 1.19.